The molecule has 1 heterocycles. The Morgan fingerprint density at radius 3 is 2.44 bits per heavy atom. The van der Waals surface area contributed by atoms with Crippen molar-refractivity contribution in [3.05, 3.63) is 18.0 Å². The molecule has 90 valence electrons. The predicted molar refractivity (Wildman–Crippen MR) is 57.8 cm³/mol. The summed E-state index contributed by atoms with van der Waals surface area (Å²) in [7, 11) is -3.81. The van der Waals surface area contributed by atoms with Crippen LogP contribution in [0.2, 0.25) is 0 Å². The number of sulfonamides is 1. The Hall–Kier alpha value is -1.34. The van der Waals surface area contributed by atoms with Gasteiger partial charge in [-0.1, -0.05) is 0 Å². The van der Waals surface area contributed by atoms with Crippen LogP contribution < -0.4 is 4.72 Å². The number of H-pyrrole nitrogens is 1. The van der Waals surface area contributed by atoms with Crippen molar-refractivity contribution in [3.63, 3.8) is 0 Å². The van der Waals surface area contributed by atoms with E-state index in [-0.39, 0.29) is 10.6 Å². The van der Waals surface area contributed by atoms with Crippen molar-refractivity contribution < 1.29 is 18.3 Å². The minimum absolute atomic E-state index is 0.255. The molecule has 0 bridgehead atoms. The topological polar surface area (TPSA) is 99.3 Å². The number of aromatic carboxylic acids is 1. The lowest BCUT2D eigenvalue weighted by Crippen LogP contribution is -2.40. The Kier molecular flexibility index (Phi) is 3.11. The molecule has 0 aliphatic heterocycles. The predicted octanol–water partition coefficient (Wildman–Crippen LogP) is 0.790. The molecule has 0 radical (unpaired) electrons. The van der Waals surface area contributed by atoms with E-state index in [4.69, 9.17) is 5.11 Å². The summed E-state index contributed by atoms with van der Waals surface area (Å²) in [6, 6.07) is 1.22. The summed E-state index contributed by atoms with van der Waals surface area (Å²) < 4.78 is 26.1. The summed E-state index contributed by atoms with van der Waals surface area (Å²) in [4.78, 5) is 12.9. The molecule has 1 rings (SSSR count). The summed E-state index contributed by atoms with van der Waals surface area (Å²) >= 11 is 0. The maximum Gasteiger partial charge on any atom is 0.353 e. The smallest absolute Gasteiger partial charge is 0.353 e. The number of rotatable bonds is 3. The van der Waals surface area contributed by atoms with Crippen LogP contribution in [0.3, 0.4) is 0 Å². The molecule has 0 fully saturated rings. The maximum atomic E-state index is 11.8. The van der Waals surface area contributed by atoms with Gasteiger partial charge in [-0.2, -0.15) is 0 Å². The molecule has 0 aliphatic carbocycles. The van der Waals surface area contributed by atoms with Gasteiger partial charge in [-0.3, -0.25) is 0 Å². The van der Waals surface area contributed by atoms with E-state index >= 15 is 0 Å². The van der Waals surface area contributed by atoms with E-state index in [0.29, 0.717) is 0 Å². The third-order valence-electron chi connectivity index (χ3n) is 1.65. The number of hydrogen-bond donors (Lipinski definition) is 3. The summed E-state index contributed by atoms with van der Waals surface area (Å²) in [6.45, 7) is 5.03. The average molecular weight is 246 g/mol. The van der Waals surface area contributed by atoms with Gasteiger partial charge >= 0.3 is 5.97 Å². The van der Waals surface area contributed by atoms with Crippen molar-refractivity contribution in [3.8, 4) is 0 Å². The second-order valence-corrected chi connectivity index (χ2v) is 6.03. The minimum atomic E-state index is -3.81. The van der Waals surface area contributed by atoms with Crippen LogP contribution in [0, 0.1) is 0 Å². The quantitative estimate of drug-likeness (QED) is 0.734. The third kappa shape index (κ3) is 2.83. The lowest BCUT2D eigenvalue weighted by molar-refractivity contribution is 0.0687. The zero-order chi connectivity index (χ0) is 12.6. The standard InChI is InChI=1S/C9H14N2O4S/c1-9(2,3)11-16(14,15)6-4-5-10-7(6)8(12)13/h4-5,10-11H,1-3H3,(H,12,13). The van der Waals surface area contributed by atoms with Crippen LogP contribution in [-0.2, 0) is 10.0 Å². The van der Waals surface area contributed by atoms with Gasteiger partial charge in [0.05, 0.1) is 0 Å². The first-order valence-corrected chi connectivity index (χ1v) is 6.06. The number of carboxylic acids is 1. The number of aromatic nitrogens is 1. The highest BCUT2D eigenvalue weighted by molar-refractivity contribution is 7.89. The zero-order valence-corrected chi connectivity index (χ0v) is 10.1. The highest BCUT2D eigenvalue weighted by Gasteiger charge is 2.27. The first-order chi connectivity index (χ1) is 7.13. The van der Waals surface area contributed by atoms with Gasteiger partial charge in [0.25, 0.3) is 0 Å². The molecule has 0 aliphatic rings. The van der Waals surface area contributed by atoms with E-state index in [1.54, 1.807) is 20.8 Å². The zero-order valence-electron chi connectivity index (χ0n) is 9.23. The van der Waals surface area contributed by atoms with Crippen LogP contribution in [-0.4, -0.2) is 30.0 Å². The third-order valence-corrected chi connectivity index (χ3v) is 3.45. The van der Waals surface area contributed by atoms with Gasteiger partial charge in [-0.05, 0) is 26.8 Å². The lowest BCUT2D eigenvalue weighted by atomic mass is 10.1. The van der Waals surface area contributed by atoms with Crippen LogP contribution in [0.15, 0.2) is 17.2 Å². The molecule has 6 nitrogen and oxygen atoms in total. The van der Waals surface area contributed by atoms with E-state index in [0.717, 1.165) is 0 Å². The molecule has 3 N–H and O–H groups in total. The van der Waals surface area contributed by atoms with Gasteiger partial charge in [0.1, 0.15) is 10.6 Å². The Morgan fingerprint density at radius 1 is 1.44 bits per heavy atom. The SMILES string of the molecule is CC(C)(C)NS(=O)(=O)c1cc[nH]c1C(=O)O. The van der Waals surface area contributed by atoms with Crippen LogP contribution in [0.5, 0.6) is 0 Å². The molecule has 16 heavy (non-hydrogen) atoms. The first-order valence-electron chi connectivity index (χ1n) is 4.58. The largest absolute Gasteiger partial charge is 0.477 e. The monoisotopic (exact) mass is 246 g/mol. The molecule has 0 spiro atoms. The van der Waals surface area contributed by atoms with Crippen LogP contribution in [0.25, 0.3) is 0 Å². The van der Waals surface area contributed by atoms with E-state index in [9.17, 15) is 13.2 Å². The van der Waals surface area contributed by atoms with E-state index in [1.807, 2.05) is 0 Å². The highest BCUT2D eigenvalue weighted by Crippen LogP contribution is 2.16. The molecule has 0 atom stereocenters. The first kappa shape index (κ1) is 12.7. The van der Waals surface area contributed by atoms with Gasteiger partial charge < -0.3 is 10.1 Å². The fourth-order valence-electron chi connectivity index (χ4n) is 1.20. The number of hydrogen-bond acceptors (Lipinski definition) is 3. The summed E-state index contributed by atoms with van der Waals surface area (Å²) in [6.07, 6.45) is 1.28. The van der Waals surface area contributed by atoms with Crippen molar-refractivity contribution in [1.29, 1.82) is 0 Å². The molecule has 7 heteroatoms. The Labute approximate surface area is 93.7 Å². The Morgan fingerprint density at radius 2 is 2.00 bits per heavy atom. The molecular weight excluding hydrogens is 232 g/mol. The molecule has 0 saturated heterocycles. The maximum absolute atomic E-state index is 11.8. The van der Waals surface area contributed by atoms with Crippen molar-refractivity contribution in [2.45, 2.75) is 31.2 Å². The molecule has 0 saturated carbocycles. The van der Waals surface area contributed by atoms with Gasteiger partial charge in [0, 0.05) is 11.7 Å². The van der Waals surface area contributed by atoms with E-state index in [1.165, 1.54) is 12.3 Å². The van der Waals surface area contributed by atoms with Gasteiger partial charge in [-0.15, -0.1) is 0 Å². The van der Waals surface area contributed by atoms with Crippen molar-refractivity contribution in [1.82, 2.24) is 9.71 Å². The van der Waals surface area contributed by atoms with Crippen molar-refractivity contribution in [2.75, 3.05) is 0 Å². The lowest BCUT2D eigenvalue weighted by Gasteiger charge is -2.20. The molecule has 0 unspecified atom stereocenters. The second kappa shape index (κ2) is 3.91. The molecule has 1 aromatic rings. The van der Waals surface area contributed by atoms with E-state index < -0.39 is 21.5 Å². The minimum Gasteiger partial charge on any atom is -0.477 e. The number of nitrogens with one attached hydrogen (secondary N) is 2. The number of carbonyl (C=O) groups is 1. The normalized spacial score (nSPS) is 12.7. The van der Waals surface area contributed by atoms with Gasteiger partial charge in [-0.25, -0.2) is 17.9 Å². The fraction of sp³-hybridized carbons (Fsp3) is 0.444. The summed E-state index contributed by atoms with van der Waals surface area (Å²) in [5, 5.41) is 8.79. The van der Waals surface area contributed by atoms with Crippen LogP contribution in [0.4, 0.5) is 0 Å². The number of carboxylic acid groups (broad SMARTS) is 1. The second-order valence-electron chi connectivity index (χ2n) is 4.38. The fourth-order valence-corrected chi connectivity index (χ4v) is 2.78. The molecular formula is C9H14N2O4S. The number of aromatic amines is 1. The molecule has 1 aromatic heterocycles. The average Bonchev–Trinajstić information content (AvgIpc) is 2.45. The molecule has 0 aromatic carbocycles. The van der Waals surface area contributed by atoms with Crippen LogP contribution >= 0.6 is 0 Å². The highest BCUT2D eigenvalue weighted by atomic mass is 32.2. The summed E-state index contributed by atoms with van der Waals surface area (Å²) in [5.41, 5.74) is -0.997. The van der Waals surface area contributed by atoms with E-state index in [2.05, 4.69) is 9.71 Å². The Balaban J connectivity index is 3.18. The van der Waals surface area contributed by atoms with Gasteiger partial charge in [0.15, 0.2) is 0 Å². The summed E-state index contributed by atoms with van der Waals surface area (Å²) in [5.74, 6) is -1.31. The Bertz CT molecular complexity index is 496. The van der Waals surface area contributed by atoms with Crippen molar-refractivity contribution >= 4 is 16.0 Å². The van der Waals surface area contributed by atoms with Gasteiger partial charge in [0.2, 0.25) is 10.0 Å². The van der Waals surface area contributed by atoms with Crippen molar-refractivity contribution in [2.24, 2.45) is 0 Å². The molecule has 0 amide bonds. The van der Waals surface area contributed by atoms with Crippen LogP contribution in [0.1, 0.15) is 31.3 Å².